The van der Waals surface area contributed by atoms with Crippen molar-refractivity contribution in [3.8, 4) is 5.75 Å². The van der Waals surface area contributed by atoms with Crippen LogP contribution in [-0.2, 0) is 0 Å². The number of carbonyl (C=O) groups is 1. The predicted octanol–water partition coefficient (Wildman–Crippen LogP) is 3.82. The van der Waals surface area contributed by atoms with E-state index in [1.165, 1.54) is 30.5 Å². The van der Waals surface area contributed by atoms with Gasteiger partial charge in [0, 0.05) is 23.9 Å². The summed E-state index contributed by atoms with van der Waals surface area (Å²) in [4.78, 5) is 25.4. The number of aromatic hydroxyl groups is 1. The summed E-state index contributed by atoms with van der Waals surface area (Å²) in [6.07, 6.45) is 1.25. The van der Waals surface area contributed by atoms with Crippen LogP contribution < -0.4 is 0 Å². The number of aliphatic imine (C=N–C) groups is 1. The lowest BCUT2D eigenvalue weighted by atomic mass is 10.1. The number of nitro groups is 1. The first-order valence-corrected chi connectivity index (χ1v) is 7.14. The molecule has 0 saturated carbocycles. The normalized spacial score (nSPS) is 10.9. The second-order valence-corrected chi connectivity index (χ2v) is 5.54. The summed E-state index contributed by atoms with van der Waals surface area (Å²) in [6.45, 7) is 1.75. The van der Waals surface area contributed by atoms with Gasteiger partial charge in [-0.25, -0.2) is 4.79 Å². The molecule has 0 spiro atoms. The first kappa shape index (κ1) is 16.6. The third-order valence-electron chi connectivity index (χ3n) is 3.09. The number of aryl methyl sites for hydroxylation is 1. The molecule has 23 heavy (non-hydrogen) atoms. The van der Waals surface area contributed by atoms with Crippen LogP contribution in [0.3, 0.4) is 0 Å². The molecule has 0 aliphatic carbocycles. The molecule has 0 bridgehead atoms. The van der Waals surface area contributed by atoms with Gasteiger partial charge in [0.25, 0.3) is 5.69 Å². The van der Waals surface area contributed by atoms with Gasteiger partial charge in [-0.15, -0.1) is 0 Å². The van der Waals surface area contributed by atoms with E-state index in [0.717, 1.165) is 5.56 Å². The van der Waals surface area contributed by atoms with Crippen LogP contribution in [0.5, 0.6) is 5.75 Å². The van der Waals surface area contributed by atoms with Crippen LogP contribution in [-0.4, -0.2) is 27.3 Å². The lowest BCUT2D eigenvalue weighted by Crippen LogP contribution is -1.96. The molecule has 0 heterocycles. The molecule has 0 aromatic heterocycles. The van der Waals surface area contributed by atoms with E-state index in [2.05, 4.69) is 20.9 Å². The third kappa shape index (κ3) is 3.72. The van der Waals surface area contributed by atoms with Gasteiger partial charge in [-0.05, 0) is 40.5 Å². The van der Waals surface area contributed by atoms with Gasteiger partial charge >= 0.3 is 5.97 Å². The molecule has 0 aliphatic heterocycles. The number of benzene rings is 2. The van der Waals surface area contributed by atoms with Crippen molar-refractivity contribution >= 4 is 39.5 Å². The van der Waals surface area contributed by atoms with Crippen molar-refractivity contribution in [1.82, 2.24) is 0 Å². The number of nitrogens with zero attached hydrogens (tertiary/aromatic N) is 2. The molecule has 2 rings (SSSR count). The van der Waals surface area contributed by atoms with Crippen LogP contribution in [0.25, 0.3) is 0 Å². The second kappa shape index (κ2) is 6.57. The molecular weight excluding hydrogens is 368 g/mol. The second-order valence-electron chi connectivity index (χ2n) is 4.69. The fourth-order valence-corrected chi connectivity index (χ4v) is 2.29. The SMILES string of the molecule is Cc1ccc(C(=O)O)cc1N=Cc1cc([N+](=O)[O-])cc(Br)c1O. The molecule has 2 aromatic carbocycles. The number of non-ortho nitro benzene ring substituents is 1. The molecular formula is C15H11BrN2O5. The van der Waals surface area contributed by atoms with Gasteiger partial charge in [0.15, 0.2) is 0 Å². The lowest BCUT2D eigenvalue weighted by molar-refractivity contribution is -0.385. The lowest BCUT2D eigenvalue weighted by Gasteiger charge is -2.04. The molecule has 118 valence electrons. The Morgan fingerprint density at radius 1 is 1.35 bits per heavy atom. The molecule has 0 amide bonds. The number of carboxylic acids is 1. The van der Waals surface area contributed by atoms with Crippen LogP contribution in [0, 0.1) is 17.0 Å². The minimum absolute atomic E-state index is 0.0761. The fraction of sp³-hybridized carbons (Fsp3) is 0.0667. The standard InChI is InChI=1S/C15H11BrN2O5/c1-8-2-3-9(15(20)21)5-13(8)17-7-10-4-11(18(22)23)6-12(16)14(10)19/h2-7,19H,1H3,(H,20,21). The average Bonchev–Trinajstić information content (AvgIpc) is 2.49. The molecule has 8 heteroatoms. The average molecular weight is 379 g/mol. The largest absolute Gasteiger partial charge is 0.506 e. The van der Waals surface area contributed by atoms with Crippen molar-refractivity contribution in [2.75, 3.05) is 0 Å². The number of hydrogen-bond acceptors (Lipinski definition) is 5. The monoisotopic (exact) mass is 378 g/mol. The van der Waals surface area contributed by atoms with Crippen LogP contribution in [0.15, 0.2) is 39.8 Å². The third-order valence-corrected chi connectivity index (χ3v) is 3.69. The highest BCUT2D eigenvalue weighted by molar-refractivity contribution is 9.10. The zero-order chi connectivity index (χ0) is 17.1. The Morgan fingerprint density at radius 2 is 2.04 bits per heavy atom. The molecule has 0 fully saturated rings. The van der Waals surface area contributed by atoms with E-state index in [-0.39, 0.29) is 27.0 Å². The van der Waals surface area contributed by atoms with Crippen LogP contribution in [0.4, 0.5) is 11.4 Å². The minimum Gasteiger partial charge on any atom is -0.506 e. The van der Waals surface area contributed by atoms with Gasteiger partial charge in [0.2, 0.25) is 0 Å². The highest BCUT2D eigenvalue weighted by atomic mass is 79.9. The molecule has 0 atom stereocenters. The number of halogens is 1. The van der Waals surface area contributed by atoms with Gasteiger partial charge in [-0.1, -0.05) is 6.07 Å². The first-order valence-electron chi connectivity index (χ1n) is 6.34. The predicted molar refractivity (Wildman–Crippen MR) is 87.9 cm³/mol. The number of phenols is 1. The number of hydrogen-bond donors (Lipinski definition) is 2. The maximum Gasteiger partial charge on any atom is 0.335 e. The molecule has 0 unspecified atom stereocenters. The Morgan fingerprint density at radius 3 is 2.65 bits per heavy atom. The summed E-state index contributed by atoms with van der Waals surface area (Å²) in [6, 6.07) is 6.82. The van der Waals surface area contributed by atoms with Gasteiger partial charge in [0.1, 0.15) is 5.75 Å². The van der Waals surface area contributed by atoms with Crippen molar-refractivity contribution in [2.45, 2.75) is 6.92 Å². The summed E-state index contributed by atoms with van der Waals surface area (Å²) in [5, 5.41) is 29.8. The maximum absolute atomic E-state index is 11.0. The van der Waals surface area contributed by atoms with Crippen molar-refractivity contribution in [1.29, 1.82) is 0 Å². The van der Waals surface area contributed by atoms with Gasteiger partial charge < -0.3 is 10.2 Å². The molecule has 0 saturated heterocycles. The van der Waals surface area contributed by atoms with Crippen molar-refractivity contribution in [3.63, 3.8) is 0 Å². The van der Waals surface area contributed by atoms with Crippen molar-refractivity contribution in [3.05, 3.63) is 61.6 Å². The van der Waals surface area contributed by atoms with E-state index in [1.807, 2.05) is 0 Å². The highest BCUT2D eigenvalue weighted by Crippen LogP contribution is 2.32. The zero-order valence-corrected chi connectivity index (χ0v) is 13.4. The Bertz CT molecular complexity index is 833. The Balaban J connectivity index is 2.46. The molecule has 7 nitrogen and oxygen atoms in total. The number of phenolic OH excluding ortho intramolecular Hbond substituents is 1. The Kier molecular flexibility index (Phi) is 4.75. The van der Waals surface area contributed by atoms with E-state index >= 15 is 0 Å². The van der Waals surface area contributed by atoms with Crippen LogP contribution in [0.2, 0.25) is 0 Å². The van der Waals surface area contributed by atoms with E-state index in [9.17, 15) is 20.0 Å². The summed E-state index contributed by atoms with van der Waals surface area (Å²) >= 11 is 3.04. The molecule has 2 aromatic rings. The Hall–Kier alpha value is -2.74. The van der Waals surface area contributed by atoms with Crippen LogP contribution in [0.1, 0.15) is 21.5 Å². The summed E-state index contributed by atoms with van der Waals surface area (Å²) in [5.74, 6) is -1.27. The van der Waals surface area contributed by atoms with Gasteiger partial charge in [-0.2, -0.15) is 0 Å². The van der Waals surface area contributed by atoms with Crippen molar-refractivity contribution < 1.29 is 19.9 Å². The Labute approximate surface area is 139 Å². The molecule has 0 aliphatic rings. The topological polar surface area (TPSA) is 113 Å². The highest BCUT2D eigenvalue weighted by Gasteiger charge is 2.14. The first-order chi connectivity index (χ1) is 10.8. The number of carboxylic acid groups (broad SMARTS) is 1. The summed E-state index contributed by atoms with van der Waals surface area (Å²) < 4.78 is 0.171. The fourth-order valence-electron chi connectivity index (χ4n) is 1.83. The van der Waals surface area contributed by atoms with Gasteiger partial charge in [-0.3, -0.25) is 15.1 Å². The smallest absolute Gasteiger partial charge is 0.335 e. The number of aromatic carboxylic acids is 1. The quantitative estimate of drug-likeness (QED) is 0.476. The van der Waals surface area contributed by atoms with Crippen LogP contribution >= 0.6 is 15.9 Å². The van der Waals surface area contributed by atoms with E-state index in [4.69, 9.17) is 5.11 Å². The molecule has 2 N–H and O–H groups in total. The van der Waals surface area contributed by atoms with E-state index in [0.29, 0.717) is 5.69 Å². The number of nitro benzene ring substituents is 1. The maximum atomic E-state index is 11.0. The summed E-state index contributed by atoms with van der Waals surface area (Å²) in [7, 11) is 0. The molecule has 0 radical (unpaired) electrons. The summed E-state index contributed by atoms with van der Waals surface area (Å²) in [5.41, 5.74) is 1.15. The van der Waals surface area contributed by atoms with E-state index < -0.39 is 10.9 Å². The van der Waals surface area contributed by atoms with Crippen molar-refractivity contribution in [2.24, 2.45) is 4.99 Å². The number of rotatable bonds is 4. The zero-order valence-electron chi connectivity index (χ0n) is 11.9. The van der Waals surface area contributed by atoms with Gasteiger partial charge in [0.05, 0.1) is 20.6 Å². The minimum atomic E-state index is -1.08. The van der Waals surface area contributed by atoms with E-state index in [1.54, 1.807) is 13.0 Å².